The minimum absolute atomic E-state index is 0.0757. The highest BCUT2D eigenvalue weighted by molar-refractivity contribution is 7.91. The topological polar surface area (TPSA) is 146 Å². The van der Waals surface area contributed by atoms with Crippen LogP contribution in [0.25, 0.3) is 10.4 Å². The number of hydroxylamine groups is 1. The molecule has 0 fully saturated rings. The molecule has 1 unspecified atom stereocenters. The lowest BCUT2D eigenvalue weighted by Gasteiger charge is -2.17. The van der Waals surface area contributed by atoms with Crippen LogP contribution in [-0.2, 0) is 27.8 Å². The summed E-state index contributed by atoms with van der Waals surface area (Å²) in [6.07, 6.45) is 1.47. The van der Waals surface area contributed by atoms with Crippen molar-refractivity contribution in [2.75, 3.05) is 0 Å². The van der Waals surface area contributed by atoms with Crippen molar-refractivity contribution in [3.8, 4) is 16.2 Å². The first-order chi connectivity index (χ1) is 16.4. The number of phenols is 1. The maximum Gasteiger partial charge on any atom is 0.268 e. The van der Waals surface area contributed by atoms with Crippen molar-refractivity contribution in [2.24, 2.45) is 0 Å². The molecule has 1 amide bonds. The van der Waals surface area contributed by atoms with E-state index in [2.05, 4.69) is 15.0 Å². The third-order valence-corrected chi connectivity index (χ3v) is 8.10. The molecule has 0 saturated heterocycles. The number of rotatable bonds is 9. The molecule has 0 aliphatic heterocycles. The predicted molar refractivity (Wildman–Crippen MR) is 125 cm³/mol. The van der Waals surface area contributed by atoms with Crippen LogP contribution in [0.4, 0.5) is 0 Å². The van der Waals surface area contributed by atoms with Crippen LogP contribution in [-0.4, -0.2) is 39.6 Å². The molecular weight excluding hydrogens is 478 g/mol. The van der Waals surface area contributed by atoms with Gasteiger partial charge in [-0.05, 0) is 35.4 Å². The van der Waals surface area contributed by atoms with Gasteiger partial charge in [-0.1, -0.05) is 47.7 Å². The number of aromatic nitrogens is 3. The Hall–Kier alpha value is -3.58. The van der Waals surface area contributed by atoms with E-state index in [1.54, 1.807) is 23.7 Å². The second-order valence-electron chi connectivity index (χ2n) is 7.34. The van der Waals surface area contributed by atoms with Gasteiger partial charge in [0.1, 0.15) is 16.0 Å². The van der Waals surface area contributed by atoms with Gasteiger partial charge in [0.05, 0.1) is 18.4 Å². The molecule has 4 aromatic rings. The standard InChI is InChI=1S/C22H21N5O5S2/c28-18-8-6-15(7-9-18)12-19(22(29)25-30)27-17(13-23-26-27)14-24-34(31,32)21-11-10-20(33-21)16-4-2-1-3-5-16/h1-11,13,19,24,28,30H,12,14H2,(H,25,29). The van der Waals surface area contributed by atoms with Crippen molar-refractivity contribution in [2.45, 2.75) is 23.2 Å². The van der Waals surface area contributed by atoms with Gasteiger partial charge < -0.3 is 5.11 Å². The predicted octanol–water partition coefficient (Wildman–Crippen LogP) is 2.48. The first kappa shape index (κ1) is 23.6. The maximum atomic E-state index is 12.9. The van der Waals surface area contributed by atoms with Crippen molar-refractivity contribution >= 4 is 27.3 Å². The number of carbonyl (C=O) groups is 1. The Kier molecular flexibility index (Phi) is 7.03. The molecule has 0 aliphatic rings. The van der Waals surface area contributed by atoms with Gasteiger partial charge in [-0.3, -0.25) is 10.0 Å². The number of nitrogens with one attached hydrogen (secondary N) is 2. The van der Waals surface area contributed by atoms with Crippen LogP contribution in [0.1, 0.15) is 17.3 Å². The fourth-order valence-corrected chi connectivity index (χ4v) is 5.69. The number of sulfonamides is 1. The molecule has 2 aromatic heterocycles. The van der Waals surface area contributed by atoms with Crippen molar-refractivity contribution in [1.82, 2.24) is 25.2 Å². The van der Waals surface area contributed by atoms with E-state index in [1.165, 1.54) is 29.1 Å². The van der Waals surface area contributed by atoms with Gasteiger partial charge in [0, 0.05) is 11.3 Å². The van der Waals surface area contributed by atoms with Crippen LogP contribution in [0.2, 0.25) is 0 Å². The smallest absolute Gasteiger partial charge is 0.268 e. The highest BCUT2D eigenvalue weighted by Gasteiger charge is 2.25. The zero-order valence-corrected chi connectivity index (χ0v) is 19.3. The number of thiophene rings is 1. The van der Waals surface area contributed by atoms with Crippen LogP contribution in [0.15, 0.2) is 77.1 Å². The lowest BCUT2D eigenvalue weighted by molar-refractivity contribution is -0.133. The maximum absolute atomic E-state index is 12.9. The summed E-state index contributed by atoms with van der Waals surface area (Å²) >= 11 is 1.15. The zero-order chi connectivity index (χ0) is 24.1. The minimum atomic E-state index is -3.83. The summed E-state index contributed by atoms with van der Waals surface area (Å²) in [5.41, 5.74) is 3.56. The fraction of sp³-hybridized carbons (Fsp3) is 0.136. The number of hydrogen-bond donors (Lipinski definition) is 4. The molecule has 2 heterocycles. The van der Waals surface area contributed by atoms with Gasteiger partial charge in [-0.15, -0.1) is 16.4 Å². The number of phenolic OH excluding ortho intramolecular Hbond substituents is 1. The Balaban J connectivity index is 1.52. The van der Waals surface area contributed by atoms with Gasteiger partial charge in [-0.25, -0.2) is 23.3 Å². The van der Waals surface area contributed by atoms with E-state index < -0.39 is 22.0 Å². The number of aromatic hydroxyl groups is 1. The molecule has 0 radical (unpaired) electrons. The third-order valence-electron chi connectivity index (χ3n) is 5.07. The molecule has 0 aliphatic carbocycles. The van der Waals surface area contributed by atoms with Crippen molar-refractivity contribution in [3.63, 3.8) is 0 Å². The molecular formula is C22H21N5O5S2. The number of benzene rings is 2. The molecule has 34 heavy (non-hydrogen) atoms. The molecule has 4 N–H and O–H groups in total. The van der Waals surface area contributed by atoms with E-state index in [0.29, 0.717) is 11.3 Å². The summed E-state index contributed by atoms with van der Waals surface area (Å²) in [6, 6.07) is 18.0. The van der Waals surface area contributed by atoms with Gasteiger partial charge in [-0.2, -0.15) is 0 Å². The van der Waals surface area contributed by atoms with E-state index >= 15 is 0 Å². The molecule has 0 spiro atoms. The van der Waals surface area contributed by atoms with Crippen molar-refractivity contribution in [1.29, 1.82) is 0 Å². The third kappa shape index (κ3) is 5.31. The van der Waals surface area contributed by atoms with Crippen LogP contribution in [0.5, 0.6) is 5.75 Å². The lowest BCUT2D eigenvalue weighted by Crippen LogP contribution is -2.34. The summed E-state index contributed by atoms with van der Waals surface area (Å²) in [5, 5.41) is 26.4. The van der Waals surface area contributed by atoms with Crippen LogP contribution < -0.4 is 10.2 Å². The molecule has 1 atom stereocenters. The molecule has 0 saturated carbocycles. The van der Waals surface area contributed by atoms with E-state index in [0.717, 1.165) is 21.8 Å². The molecule has 0 bridgehead atoms. The summed E-state index contributed by atoms with van der Waals surface area (Å²) < 4.78 is 29.7. The first-order valence-corrected chi connectivity index (χ1v) is 12.4. The lowest BCUT2D eigenvalue weighted by atomic mass is 10.1. The summed E-state index contributed by atoms with van der Waals surface area (Å²) in [5.74, 6) is -0.666. The monoisotopic (exact) mass is 499 g/mol. The van der Waals surface area contributed by atoms with E-state index in [-0.39, 0.29) is 22.9 Å². The van der Waals surface area contributed by atoms with Gasteiger partial charge >= 0.3 is 0 Å². The Morgan fingerprint density at radius 1 is 1.06 bits per heavy atom. The summed E-state index contributed by atoms with van der Waals surface area (Å²) in [6.45, 7) is -0.168. The van der Waals surface area contributed by atoms with E-state index in [9.17, 15) is 23.5 Å². The van der Waals surface area contributed by atoms with Gasteiger partial charge in [0.2, 0.25) is 10.0 Å². The number of hydrogen-bond acceptors (Lipinski definition) is 8. The Bertz CT molecular complexity index is 1370. The molecule has 10 nitrogen and oxygen atoms in total. The van der Waals surface area contributed by atoms with Gasteiger partial charge in [0.15, 0.2) is 0 Å². The van der Waals surface area contributed by atoms with Gasteiger partial charge in [0.25, 0.3) is 5.91 Å². The average molecular weight is 500 g/mol. The van der Waals surface area contributed by atoms with Crippen molar-refractivity contribution in [3.05, 3.63) is 84.2 Å². The second-order valence-corrected chi connectivity index (χ2v) is 10.4. The average Bonchev–Trinajstić information content (AvgIpc) is 3.53. The highest BCUT2D eigenvalue weighted by Crippen LogP contribution is 2.30. The summed E-state index contributed by atoms with van der Waals surface area (Å²) in [4.78, 5) is 13.2. The summed E-state index contributed by atoms with van der Waals surface area (Å²) in [7, 11) is -3.83. The quantitative estimate of drug-likeness (QED) is 0.204. The number of amides is 1. The van der Waals surface area contributed by atoms with Crippen molar-refractivity contribution < 1.29 is 23.5 Å². The Labute approximate surface area is 199 Å². The molecule has 176 valence electrons. The molecule has 4 rings (SSSR count). The fourth-order valence-electron chi connectivity index (χ4n) is 3.34. The first-order valence-electron chi connectivity index (χ1n) is 10.1. The van der Waals surface area contributed by atoms with E-state index in [1.807, 2.05) is 30.3 Å². The largest absolute Gasteiger partial charge is 0.508 e. The number of nitrogens with zero attached hydrogens (tertiary/aromatic N) is 3. The van der Waals surface area contributed by atoms with E-state index in [4.69, 9.17) is 0 Å². The molecule has 12 heteroatoms. The highest BCUT2D eigenvalue weighted by atomic mass is 32.2. The number of carbonyl (C=O) groups excluding carboxylic acids is 1. The van der Waals surface area contributed by atoms with Crippen LogP contribution in [0.3, 0.4) is 0 Å². The van der Waals surface area contributed by atoms with Crippen LogP contribution in [0, 0.1) is 0 Å². The van der Waals surface area contributed by atoms with Crippen LogP contribution >= 0.6 is 11.3 Å². The Morgan fingerprint density at radius 3 is 2.50 bits per heavy atom. The minimum Gasteiger partial charge on any atom is -0.508 e. The SMILES string of the molecule is O=C(NO)C(Cc1ccc(O)cc1)n1nncc1CNS(=O)(=O)c1ccc(-c2ccccc2)s1. The Morgan fingerprint density at radius 2 is 1.79 bits per heavy atom. The molecule has 2 aromatic carbocycles. The normalized spacial score (nSPS) is 12.4. The zero-order valence-electron chi connectivity index (χ0n) is 17.7. The second kappa shape index (κ2) is 10.1.